The minimum Gasteiger partial charge on any atom is -0.338 e. The molecule has 1 atom stereocenters. The Balaban J connectivity index is 1.58. The molecular formula is C17H18N6O. The number of nitrogens with zero attached hydrogens (tertiary/aromatic N) is 5. The molecule has 0 radical (unpaired) electrons. The molecule has 1 aromatic carbocycles. The summed E-state index contributed by atoms with van der Waals surface area (Å²) in [4.78, 5) is 14.5. The van der Waals surface area contributed by atoms with Gasteiger partial charge in [-0.15, -0.1) is 0 Å². The van der Waals surface area contributed by atoms with E-state index in [0.717, 1.165) is 17.9 Å². The Labute approximate surface area is 139 Å². The van der Waals surface area contributed by atoms with Crippen LogP contribution >= 0.6 is 0 Å². The average Bonchev–Trinajstić information content (AvgIpc) is 3.25. The number of aromatic nitrogens is 4. The van der Waals surface area contributed by atoms with Crippen molar-refractivity contribution in [1.29, 1.82) is 0 Å². The number of benzene rings is 1. The average molecular weight is 322 g/mol. The summed E-state index contributed by atoms with van der Waals surface area (Å²) in [5, 5.41) is 9.23. The second-order valence-corrected chi connectivity index (χ2v) is 5.66. The van der Waals surface area contributed by atoms with Crippen molar-refractivity contribution in [3.63, 3.8) is 0 Å². The van der Waals surface area contributed by atoms with Gasteiger partial charge in [0.15, 0.2) is 5.82 Å². The second-order valence-electron chi connectivity index (χ2n) is 5.66. The van der Waals surface area contributed by atoms with Crippen LogP contribution in [0.1, 0.15) is 18.0 Å². The second kappa shape index (κ2) is 6.29. The van der Waals surface area contributed by atoms with Gasteiger partial charge in [0.05, 0.1) is 24.5 Å². The molecule has 0 bridgehead atoms. The van der Waals surface area contributed by atoms with E-state index in [4.69, 9.17) is 4.84 Å². The first-order valence-corrected chi connectivity index (χ1v) is 7.84. The maximum absolute atomic E-state index is 5.81. The molecule has 2 aromatic heterocycles. The van der Waals surface area contributed by atoms with E-state index in [2.05, 4.69) is 32.5 Å². The summed E-state index contributed by atoms with van der Waals surface area (Å²) in [7, 11) is 1.87. The van der Waals surface area contributed by atoms with Crippen molar-refractivity contribution in [3.05, 3.63) is 60.7 Å². The van der Waals surface area contributed by atoms with Gasteiger partial charge < -0.3 is 5.32 Å². The first-order chi connectivity index (χ1) is 11.8. The van der Waals surface area contributed by atoms with Gasteiger partial charge in [0.25, 0.3) is 0 Å². The van der Waals surface area contributed by atoms with Crippen LogP contribution in [-0.4, -0.2) is 26.4 Å². The van der Waals surface area contributed by atoms with Gasteiger partial charge in [0.1, 0.15) is 12.1 Å². The van der Waals surface area contributed by atoms with Gasteiger partial charge in [-0.1, -0.05) is 30.3 Å². The van der Waals surface area contributed by atoms with E-state index in [1.165, 1.54) is 11.9 Å². The first-order valence-electron chi connectivity index (χ1n) is 7.84. The molecule has 1 aliphatic rings. The highest BCUT2D eigenvalue weighted by atomic mass is 16.7. The van der Waals surface area contributed by atoms with E-state index in [9.17, 15) is 0 Å². The number of anilines is 3. The fraction of sp³-hybridized carbons (Fsp3) is 0.235. The molecule has 7 nitrogen and oxygen atoms in total. The third-order valence-electron chi connectivity index (χ3n) is 3.94. The summed E-state index contributed by atoms with van der Waals surface area (Å²) >= 11 is 0. The lowest BCUT2D eigenvalue weighted by Gasteiger charge is -2.23. The molecule has 7 heteroatoms. The molecule has 0 aliphatic carbocycles. The summed E-state index contributed by atoms with van der Waals surface area (Å²) in [6.45, 7) is 0.676. The molecule has 1 aliphatic heterocycles. The molecule has 24 heavy (non-hydrogen) atoms. The molecule has 4 rings (SSSR count). The summed E-state index contributed by atoms with van der Waals surface area (Å²) in [5.74, 6) is 1.44. The fourth-order valence-corrected chi connectivity index (χ4v) is 2.84. The molecule has 0 unspecified atom stereocenters. The van der Waals surface area contributed by atoms with Crippen molar-refractivity contribution < 1.29 is 4.84 Å². The predicted octanol–water partition coefficient (Wildman–Crippen LogP) is 2.84. The highest BCUT2D eigenvalue weighted by molar-refractivity contribution is 5.57. The molecule has 122 valence electrons. The zero-order chi connectivity index (χ0) is 16.4. The van der Waals surface area contributed by atoms with Gasteiger partial charge in [0.2, 0.25) is 0 Å². The highest BCUT2D eigenvalue weighted by Gasteiger charge is 2.28. The quantitative estimate of drug-likeness (QED) is 0.796. The Hall–Kier alpha value is -2.93. The molecule has 3 aromatic rings. The van der Waals surface area contributed by atoms with Crippen LogP contribution in [0.4, 0.5) is 17.3 Å². The van der Waals surface area contributed by atoms with Crippen molar-refractivity contribution in [2.75, 3.05) is 17.0 Å². The first kappa shape index (κ1) is 14.6. The molecule has 1 saturated heterocycles. The Morgan fingerprint density at radius 1 is 1.21 bits per heavy atom. The van der Waals surface area contributed by atoms with Crippen LogP contribution in [0.3, 0.4) is 0 Å². The number of nitrogens with one attached hydrogen (secondary N) is 1. The number of hydroxylamine groups is 1. The highest BCUT2D eigenvalue weighted by Crippen LogP contribution is 2.34. The summed E-state index contributed by atoms with van der Waals surface area (Å²) in [6, 6.07) is 12.4. The van der Waals surface area contributed by atoms with Gasteiger partial charge in [-0.05, 0) is 5.56 Å². The Morgan fingerprint density at radius 3 is 2.88 bits per heavy atom. The van der Waals surface area contributed by atoms with E-state index in [-0.39, 0.29) is 6.04 Å². The van der Waals surface area contributed by atoms with Crippen molar-refractivity contribution >= 4 is 17.3 Å². The summed E-state index contributed by atoms with van der Waals surface area (Å²) in [6.07, 6.45) is 6.11. The van der Waals surface area contributed by atoms with E-state index < -0.39 is 0 Å². The molecule has 0 saturated carbocycles. The van der Waals surface area contributed by atoms with Crippen molar-refractivity contribution in [2.45, 2.75) is 12.5 Å². The minimum atomic E-state index is 0.160. The third-order valence-corrected chi connectivity index (χ3v) is 3.94. The monoisotopic (exact) mass is 322 g/mol. The summed E-state index contributed by atoms with van der Waals surface area (Å²) < 4.78 is 1.74. The van der Waals surface area contributed by atoms with Crippen LogP contribution in [-0.2, 0) is 11.9 Å². The third kappa shape index (κ3) is 2.93. The van der Waals surface area contributed by atoms with Crippen LogP contribution in [0.25, 0.3) is 0 Å². The van der Waals surface area contributed by atoms with Gasteiger partial charge in [-0.25, -0.2) is 15.0 Å². The maximum Gasteiger partial charge on any atom is 0.158 e. The molecule has 1 fully saturated rings. The topological polar surface area (TPSA) is 68.1 Å². The van der Waals surface area contributed by atoms with E-state index in [1.54, 1.807) is 10.9 Å². The Morgan fingerprint density at radius 2 is 2.08 bits per heavy atom. The standard InChI is InChI=1S/C17H18N6O/c1-22-11-14(10-20-22)21-16-9-17(19-12-18-16)23-15(7-8-24-23)13-5-3-2-4-6-13/h2-6,9-12,15H,7-8H2,1H3,(H,18,19,21)/t15-/m1/s1. The van der Waals surface area contributed by atoms with E-state index >= 15 is 0 Å². The molecule has 0 spiro atoms. The Bertz CT molecular complexity index is 819. The van der Waals surface area contributed by atoms with Gasteiger partial charge in [-0.3, -0.25) is 9.52 Å². The normalized spacial score (nSPS) is 17.2. The van der Waals surface area contributed by atoms with Crippen molar-refractivity contribution in [2.24, 2.45) is 7.05 Å². The maximum atomic E-state index is 5.81. The van der Waals surface area contributed by atoms with Gasteiger partial charge in [-0.2, -0.15) is 5.10 Å². The predicted molar refractivity (Wildman–Crippen MR) is 90.8 cm³/mol. The largest absolute Gasteiger partial charge is 0.338 e. The summed E-state index contributed by atoms with van der Waals surface area (Å²) in [5.41, 5.74) is 2.10. The van der Waals surface area contributed by atoms with Gasteiger partial charge >= 0.3 is 0 Å². The molecule has 0 amide bonds. The Kier molecular flexibility index (Phi) is 3.84. The van der Waals surface area contributed by atoms with Crippen LogP contribution in [0.2, 0.25) is 0 Å². The number of hydrogen-bond acceptors (Lipinski definition) is 6. The van der Waals surface area contributed by atoms with E-state index in [1.807, 2.05) is 42.6 Å². The number of hydrogen-bond donors (Lipinski definition) is 1. The number of rotatable bonds is 4. The van der Waals surface area contributed by atoms with Gasteiger partial charge in [0, 0.05) is 25.7 Å². The molecular weight excluding hydrogens is 304 g/mol. The minimum absolute atomic E-state index is 0.160. The number of aryl methyl sites for hydroxylation is 1. The van der Waals surface area contributed by atoms with Crippen LogP contribution in [0.15, 0.2) is 55.1 Å². The van der Waals surface area contributed by atoms with Crippen LogP contribution < -0.4 is 10.4 Å². The molecule has 3 heterocycles. The zero-order valence-corrected chi connectivity index (χ0v) is 13.3. The lowest BCUT2D eigenvalue weighted by atomic mass is 10.0. The van der Waals surface area contributed by atoms with Crippen LogP contribution in [0, 0.1) is 0 Å². The van der Waals surface area contributed by atoms with Crippen molar-refractivity contribution in [1.82, 2.24) is 19.7 Å². The fourth-order valence-electron chi connectivity index (χ4n) is 2.84. The van der Waals surface area contributed by atoms with Crippen molar-refractivity contribution in [3.8, 4) is 0 Å². The SMILES string of the molecule is Cn1cc(Nc2cc(N3OCC[C@@H]3c3ccccc3)ncn2)cn1. The van der Waals surface area contributed by atoms with E-state index in [0.29, 0.717) is 12.4 Å². The smallest absolute Gasteiger partial charge is 0.158 e. The zero-order valence-electron chi connectivity index (χ0n) is 13.3. The molecule has 1 N–H and O–H groups in total. The van der Waals surface area contributed by atoms with Crippen LogP contribution in [0.5, 0.6) is 0 Å². The lowest BCUT2D eigenvalue weighted by molar-refractivity contribution is 0.157. The lowest BCUT2D eigenvalue weighted by Crippen LogP contribution is -2.22.